The van der Waals surface area contributed by atoms with Gasteiger partial charge in [0.05, 0.1) is 7.11 Å². The van der Waals surface area contributed by atoms with Crippen LogP contribution >= 0.6 is 0 Å². The molecule has 0 saturated carbocycles. The van der Waals surface area contributed by atoms with Crippen LogP contribution < -0.4 is 14.2 Å². The predicted molar refractivity (Wildman–Crippen MR) is 87.7 cm³/mol. The maximum absolute atomic E-state index is 12.3. The molecule has 1 unspecified atom stereocenters. The third kappa shape index (κ3) is 3.11. The minimum atomic E-state index is -0.0716. The highest BCUT2D eigenvalue weighted by atomic mass is 16.7. The molecule has 0 spiro atoms. The molecular formula is C18H23NO5. The Hall–Kier alpha value is -2.08. The Morgan fingerprint density at radius 2 is 2.12 bits per heavy atom. The van der Waals surface area contributed by atoms with Crippen LogP contribution in [-0.2, 0) is 16.0 Å². The van der Waals surface area contributed by atoms with Crippen LogP contribution in [0.3, 0.4) is 0 Å². The fraction of sp³-hybridized carbons (Fsp3) is 0.556. The number of carbonyl (C=O) groups excluding carboxylic acids is 2. The van der Waals surface area contributed by atoms with E-state index >= 15 is 0 Å². The molecule has 0 bridgehead atoms. The molecule has 0 saturated heterocycles. The molecule has 0 radical (unpaired) electrons. The number of ether oxygens (including phenoxy) is 3. The van der Waals surface area contributed by atoms with Crippen molar-refractivity contribution in [1.82, 2.24) is 4.90 Å². The van der Waals surface area contributed by atoms with Gasteiger partial charge in [-0.25, -0.2) is 0 Å². The highest BCUT2D eigenvalue weighted by molar-refractivity contribution is 5.85. The molecule has 6 nitrogen and oxygen atoms in total. The summed E-state index contributed by atoms with van der Waals surface area (Å²) in [6.07, 6.45) is 1.84. The van der Waals surface area contributed by atoms with Crippen molar-refractivity contribution in [3.05, 3.63) is 17.2 Å². The van der Waals surface area contributed by atoms with Crippen LogP contribution in [0.2, 0.25) is 0 Å². The van der Waals surface area contributed by atoms with E-state index < -0.39 is 0 Å². The number of rotatable bonds is 6. The van der Waals surface area contributed by atoms with Gasteiger partial charge in [0.25, 0.3) is 0 Å². The smallest absolute Gasteiger partial charge is 0.231 e. The molecule has 3 rings (SSSR count). The molecule has 0 aliphatic carbocycles. The highest BCUT2D eigenvalue weighted by Crippen LogP contribution is 2.50. The molecule has 2 aliphatic heterocycles. The lowest BCUT2D eigenvalue weighted by atomic mass is 9.88. The normalized spacial score (nSPS) is 19.0. The van der Waals surface area contributed by atoms with Crippen molar-refractivity contribution in [2.75, 3.05) is 27.5 Å². The number of likely N-dealkylation sites (N-methyl/N-ethyl adjacent to an activating group) is 1. The number of fused-ring (bicyclic) bond motifs is 2. The Labute approximate surface area is 141 Å². The van der Waals surface area contributed by atoms with Crippen LogP contribution in [0.4, 0.5) is 0 Å². The van der Waals surface area contributed by atoms with Crippen molar-refractivity contribution in [2.24, 2.45) is 0 Å². The standard InChI is InChI=1S/C18H23NO5/c1-11(20)4-5-13(21)9-14-16-12(6-7-19(14)2)8-15-17(18(16)22-3)24-10-23-15/h8,14H,4-7,9-10H2,1-3H3. The van der Waals surface area contributed by atoms with Crippen molar-refractivity contribution in [3.63, 3.8) is 0 Å². The predicted octanol–water partition coefficient (Wildman–Crippen LogP) is 2.28. The Morgan fingerprint density at radius 1 is 1.33 bits per heavy atom. The minimum Gasteiger partial charge on any atom is -0.492 e. The second-order valence-corrected chi connectivity index (χ2v) is 6.41. The maximum atomic E-state index is 12.3. The van der Waals surface area contributed by atoms with Crippen LogP contribution in [0, 0.1) is 0 Å². The zero-order valence-electron chi connectivity index (χ0n) is 14.4. The Kier molecular flexibility index (Phi) is 4.76. The molecule has 1 aromatic carbocycles. The third-order valence-electron chi connectivity index (χ3n) is 4.72. The van der Waals surface area contributed by atoms with E-state index in [4.69, 9.17) is 14.2 Å². The fourth-order valence-electron chi connectivity index (χ4n) is 3.42. The topological polar surface area (TPSA) is 65.1 Å². The highest BCUT2D eigenvalue weighted by Gasteiger charge is 2.34. The average molecular weight is 333 g/mol. The van der Waals surface area contributed by atoms with Crippen LogP contribution in [0.25, 0.3) is 0 Å². The van der Waals surface area contributed by atoms with Gasteiger partial charge < -0.3 is 19.0 Å². The minimum absolute atomic E-state index is 0.0432. The summed E-state index contributed by atoms with van der Waals surface area (Å²) >= 11 is 0. The fourth-order valence-corrected chi connectivity index (χ4v) is 3.42. The zero-order chi connectivity index (χ0) is 17.3. The van der Waals surface area contributed by atoms with Gasteiger partial charge in [0.2, 0.25) is 12.5 Å². The van der Waals surface area contributed by atoms with E-state index in [0.29, 0.717) is 36.5 Å². The second-order valence-electron chi connectivity index (χ2n) is 6.41. The number of Topliss-reactive ketones (excluding diaryl/α,β-unsaturated/α-hetero) is 2. The van der Waals surface area contributed by atoms with E-state index in [9.17, 15) is 9.59 Å². The SMILES string of the molecule is COc1c2c(cc3c1C(CC(=O)CCC(C)=O)N(C)CC3)OCO2. The molecule has 1 atom stereocenters. The summed E-state index contributed by atoms with van der Waals surface area (Å²) in [7, 11) is 3.62. The lowest BCUT2D eigenvalue weighted by Gasteiger charge is -2.35. The van der Waals surface area contributed by atoms with Gasteiger partial charge in [-0.05, 0) is 32.0 Å². The lowest BCUT2D eigenvalue weighted by molar-refractivity contribution is -0.124. The van der Waals surface area contributed by atoms with Gasteiger partial charge in [0, 0.05) is 37.4 Å². The average Bonchev–Trinajstić information content (AvgIpc) is 3.01. The van der Waals surface area contributed by atoms with Crippen LogP contribution in [-0.4, -0.2) is 44.0 Å². The summed E-state index contributed by atoms with van der Waals surface area (Å²) in [5.41, 5.74) is 2.14. The van der Waals surface area contributed by atoms with E-state index in [1.807, 2.05) is 13.1 Å². The van der Waals surface area contributed by atoms with Gasteiger partial charge in [0.15, 0.2) is 11.5 Å². The molecule has 0 aromatic heterocycles. The Balaban J connectivity index is 1.92. The van der Waals surface area contributed by atoms with E-state index in [0.717, 1.165) is 24.1 Å². The largest absolute Gasteiger partial charge is 0.492 e. The summed E-state index contributed by atoms with van der Waals surface area (Å²) < 4.78 is 16.7. The Morgan fingerprint density at radius 3 is 2.83 bits per heavy atom. The quantitative estimate of drug-likeness (QED) is 0.796. The zero-order valence-corrected chi connectivity index (χ0v) is 14.4. The van der Waals surface area contributed by atoms with Gasteiger partial charge in [0.1, 0.15) is 11.6 Å². The number of hydrogen-bond acceptors (Lipinski definition) is 6. The molecule has 1 aromatic rings. The molecule has 6 heteroatoms. The van der Waals surface area contributed by atoms with Crippen LogP contribution in [0.1, 0.15) is 43.4 Å². The first-order valence-electron chi connectivity index (χ1n) is 8.22. The van der Waals surface area contributed by atoms with Gasteiger partial charge in [-0.1, -0.05) is 0 Å². The second kappa shape index (κ2) is 6.81. The van der Waals surface area contributed by atoms with Crippen molar-refractivity contribution in [3.8, 4) is 17.2 Å². The number of hydrogen-bond donors (Lipinski definition) is 0. The first kappa shape index (κ1) is 16.8. The van der Waals surface area contributed by atoms with Crippen molar-refractivity contribution < 1.29 is 23.8 Å². The summed E-state index contributed by atoms with van der Waals surface area (Å²) in [5.74, 6) is 2.12. The van der Waals surface area contributed by atoms with Crippen molar-refractivity contribution >= 4 is 11.6 Å². The van der Waals surface area contributed by atoms with Gasteiger partial charge >= 0.3 is 0 Å². The van der Waals surface area contributed by atoms with E-state index in [1.165, 1.54) is 6.92 Å². The summed E-state index contributed by atoms with van der Waals surface area (Å²) in [4.78, 5) is 25.6. The molecule has 0 fully saturated rings. The first-order chi connectivity index (χ1) is 11.5. The molecular weight excluding hydrogens is 310 g/mol. The van der Waals surface area contributed by atoms with E-state index in [1.54, 1.807) is 7.11 Å². The van der Waals surface area contributed by atoms with Gasteiger partial charge in [-0.2, -0.15) is 0 Å². The summed E-state index contributed by atoms with van der Waals surface area (Å²) in [6.45, 7) is 2.56. The molecule has 0 amide bonds. The maximum Gasteiger partial charge on any atom is 0.231 e. The number of ketones is 2. The number of methoxy groups -OCH3 is 1. The molecule has 130 valence electrons. The van der Waals surface area contributed by atoms with E-state index in [2.05, 4.69) is 4.90 Å². The number of benzene rings is 1. The number of carbonyl (C=O) groups is 2. The number of nitrogens with zero attached hydrogens (tertiary/aromatic N) is 1. The Bertz CT molecular complexity index is 670. The van der Waals surface area contributed by atoms with Crippen LogP contribution in [0.15, 0.2) is 6.07 Å². The molecule has 0 N–H and O–H groups in total. The van der Waals surface area contributed by atoms with Crippen molar-refractivity contribution in [1.29, 1.82) is 0 Å². The molecule has 24 heavy (non-hydrogen) atoms. The molecule has 2 aliphatic rings. The van der Waals surface area contributed by atoms with Gasteiger partial charge in [-0.15, -0.1) is 0 Å². The summed E-state index contributed by atoms with van der Waals surface area (Å²) in [6, 6.07) is 1.93. The third-order valence-corrected chi connectivity index (χ3v) is 4.72. The lowest BCUT2D eigenvalue weighted by Crippen LogP contribution is -2.34. The van der Waals surface area contributed by atoms with E-state index in [-0.39, 0.29) is 24.4 Å². The van der Waals surface area contributed by atoms with Crippen molar-refractivity contribution in [2.45, 2.75) is 38.6 Å². The van der Waals surface area contributed by atoms with Gasteiger partial charge in [-0.3, -0.25) is 9.69 Å². The molecule has 2 heterocycles. The van der Waals surface area contributed by atoms with Crippen LogP contribution in [0.5, 0.6) is 17.2 Å². The first-order valence-corrected chi connectivity index (χ1v) is 8.22. The summed E-state index contributed by atoms with van der Waals surface area (Å²) in [5, 5.41) is 0. The monoisotopic (exact) mass is 333 g/mol.